The van der Waals surface area contributed by atoms with Crippen LogP contribution in [0.2, 0.25) is 0 Å². The number of nitro groups is 1. The highest BCUT2D eigenvalue weighted by atomic mass is 32.2. The Bertz CT molecular complexity index is 544. The van der Waals surface area contributed by atoms with Gasteiger partial charge in [-0.25, -0.2) is 22.3 Å². The topological polar surface area (TPSA) is 103 Å². The number of nitrogens with two attached hydrogens (primary N) is 1. The van der Waals surface area contributed by atoms with Crippen LogP contribution in [0.4, 0.5) is 14.5 Å². The zero-order valence-corrected chi connectivity index (χ0v) is 8.50. The lowest BCUT2D eigenvalue weighted by Crippen LogP contribution is -2.15. The summed E-state index contributed by atoms with van der Waals surface area (Å²) in [6.07, 6.45) is 0. The van der Waals surface area contributed by atoms with Crippen molar-refractivity contribution in [3.05, 3.63) is 39.4 Å². The first-order valence-electron chi connectivity index (χ1n) is 3.83. The summed E-state index contributed by atoms with van der Waals surface area (Å²) in [7, 11) is -4.06. The van der Waals surface area contributed by atoms with E-state index in [2.05, 4.69) is 5.14 Å². The fraction of sp³-hybridized carbons (Fsp3) is 0.143. The molecule has 0 fully saturated rings. The third-order valence-electron chi connectivity index (χ3n) is 1.67. The predicted octanol–water partition coefficient (Wildman–Crippen LogP) is 0.662. The molecular weight excluding hydrogens is 246 g/mol. The van der Waals surface area contributed by atoms with E-state index in [1.54, 1.807) is 0 Å². The van der Waals surface area contributed by atoms with Crippen LogP contribution in [-0.2, 0) is 15.8 Å². The van der Waals surface area contributed by atoms with E-state index in [9.17, 15) is 27.3 Å². The average molecular weight is 252 g/mol. The van der Waals surface area contributed by atoms with E-state index in [1.807, 2.05) is 0 Å². The van der Waals surface area contributed by atoms with Gasteiger partial charge in [0.05, 0.1) is 16.7 Å². The van der Waals surface area contributed by atoms with Gasteiger partial charge in [0.25, 0.3) is 5.69 Å². The first-order chi connectivity index (χ1) is 7.20. The molecule has 16 heavy (non-hydrogen) atoms. The quantitative estimate of drug-likeness (QED) is 0.630. The van der Waals surface area contributed by atoms with Gasteiger partial charge in [-0.3, -0.25) is 10.1 Å². The highest BCUT2D eigenvalue weighted by Crippen LogP contribution is 2.23. The molecule has 0 bridgehead atoms. The molecule has 1 aromatic carbocycles. The molecule has 1 rings (SSSR count). The van der Waals surface area contributed by atoms with E-state index in [0.717, 1.165) is 0 Å². The summed E-state index contributed by atoms with van der Waals surface area (Å²) in [5.41, 5.74) is -1.32. The smallest absolute Gasteiger partial charge is 0.258 e. The normalized spacial score (nSPS) is 11.4. The summed E-state index contributed by atoms with van der Waals surface area (Å²) in [5, 5.41) is 15.1. The Labute approximate surface area is 88.9 Å². The Balaban J connectivity index is 3.36. The van der Waals surface area contributed by atoms with Crippen molar-refractivity contribution in [2.24, 2.45) is 5.14 Å². The molecule has 6 nitrogen and oxygen atoms in total. The Morgan fingerprint density at radius 2 is 1.81 bits per heavy atom. The molecule has 0 amide bonds. The highest BCUT2D eigenvalue weighted by Gasteiger charge is 2.21. The first kappa shape index (κ1) is 12.5. The number of hydrogen-bond donors (Lipinski definition) is 1. The lowest BCUT2D eigenvalue weighted by molar-refractivity contribution is -0.385. The molecular formula is C7H6F2N2O4S. The van der Waals surface area contributed by atoms with Crippen LogP contribution in [0.3, 0.4) is 0 Å². The van der Waals surface area contributed by atoms with Crippen LogP contribution < -0.4 is 5.14 Å². The van der Waals surface area contributed by atoms with Crippen molar-refractivity contribution in [2.75, 3.05) is 0 Å². The second kappa shape index (κ2) is 4.10. The maximum atomic E-state index is 12.8. The number of primary sulfonamides is 1. The van der Waals surface area contributed by atoms with Gasteiger partial charge < -0.3 is 0 Å². The van der Waals surface area contributed by atoms with E-state index < -0.39 is 43.6 Å². The lowest BCUT2D eigenvalue weighted by Gasteiger charge is -2.02. The first-order valence-corrected chi connectivity index (χ1v) is 5.55. The number of halogens is 2. The largest absolute Gasteiger partial charge is 0.276 e. The molecule has 0 saturated heterocycles. The number of nitrogens with zero attached hydrogens (tertiary/aromatic N) is 1. The Hall–Kier alpha value is -1.61. The number of rotatable bonds is 3. The van der Waals surface area contributed by atoms with E-state index in [-0.39, 0.29) is 0 Å². The van der Waals surface area contributed by atoms with Crippen LogP contribution in [0.25, 0.3) is 0 Å². The highest BCUT2D eigenvalue weighted by molar-refractivity contribution is 7.88. The van der Waals surface area contributed by atoms with E-state index in [0.29, 0.717) is 12.1 Å². The molecule has 2 N–H and O–H groups in total. The van der Waals surface area contributed by atoms with Crippen molar-refractivity contribution in [3.63, 3.8) is 0 Å². The average Bonchev–Trinajstić information content (AvgIpc) is 2.07. The molecule has 0 aromatic heterocycles. The third kappa shape index (κ3) is 2.94. The molecule has 0 saturated carbocycles. The van der Waals surface area contributed by atoms with Crippen LogP contribution in [0.15, 0.2) is 12.1 Å². The molecule has 0 aliphatic rings. The number of benzene rings is 1. The second-order valence-electron chi connectivity index (χ2n) is 2.96. The summed E-state index contributed by atoms with van der Waals surface area (Å²) in [5.74, 6) is -3.73. The zero-order chi connectivity index (χ0) is 12.5. The van der Waals surface area contributed by atoms with Gasteiger partial charge in [0, 0.05) is 5.56 Å². The molecule has 0 heterocycles. The SMILES string of the molecule is NS(=O)(=O)Cc1cc(F)c(F)cc1[N+](=O)[O-]. The lowest BCUT2D eigenvalue weighted by atomic mass is 10.2. The fourth-order valence-electron chi connectivity index (χ4n) is 1.08. The van der Waals surface area contributed by atoms with Crippen LogP contribution >= 0.6 is 0 Å². The van der Waals surface area contributed by atoms with E-state index >= 15 is 0 Å². The van der Waals surface area contributed by atoms with Gasteiger partial charge in [-0.2, -0.15) is 0 Å². The van der Waals surface area contributed by atoms with Gasteiger partial charge in [0.1, 0.15) is 0 Å². The summed E-state index contributed by atoms with van der Waals surface area (Å²) < 4.78 is 46.9. The molecule has 0 aliphatic carbocycles. The Morgan fingerprint density at radius 1 is 1.31 bits per heavy atom. The van der Waals surface area contributed by atoms with Crippen molar-refractivity contribution in [1.82, 2.24) is 0 Å². The van der Waals surface area contributed by atoms with Gasteiger partial charge in [-0.05, 0) is 6.07 Å². The van der Waals surface area contributed by atoms with Crippen LogP contribution in [0.1, 0.15) is 5.56 Å². The molecule has 1 aromatic rings. The van der Waals surface area contributed by atoms with Gasteiger partial charge in [0.15, 0.2) is 11.6 Å². The Morgan fingerprint density at radius 3 is 2.25 bits per heavy atom. The number of sulfonamides is 1. The molecule has 0 aliphatic heterocycles. The third-order valence-corrected chi connectivity index (χ3v) is 2.39. The van der Waals surface area contributed by atoms with Crippen molar-refractivity contribution >= 4 is 15.7 Å². The molecule has 9 heteroatoms. The monoisotopic (exact) mass is 252 g/mol. The molecule has 88 valence electrons. The molecule has 0 radical (unpaired) electrons. The van der Waals surface area contributed by atoms with E-state index in [1.165, 1.54) is 0 Å². The molecule has 0 atom stereocenters. The summed E-state index contributed by atoms with van der Waals surface area (Å²) >= 11 is 0. The standard InChI is InChI=1S/C7H6F2N2O4S/c8-5-1-4(3-16(10,14)15)7(11(12)13)2-6(5)9/h1-2H,3H2,(H2,10,14,15). The zero-order valence-electron chi connectivity index (χ0n) is 7.68. The van der Waals surface area contributed by atoms with Crippen LogP contribution in [-0.4, -0.2) is 13.3 Å². The van der Waals surface area contributed by atoms with Crippen LogP contribution in [0, 0.1) is 21.7 Å². The second-order valence-corrected chi connectivity index (χ2v) is 4.57. The fourth-order valence-corrected chi connectivity index (χ4v) is 1.74. The summed E-state index contributed by atoms with van der Waals surface area (Å²) in [4.78, 5) is 9.44. The van der Waals surface area contributed by atoms with Crippen molar-refractivity contribution in [3.8, 4) is 0 Å². The molecule has 0 unspecified atom stereocenters. The maximum absolute atomic E-state index is 12.8. The van der Waals surface area contributed by atoms with Crippen LogP contribution in [0.5, 0.6) is 0 Å². The Kier molecular flexibility index (Phi) is 3.19. The minimum Gasteiger partial charge on any atom is -0.258 e. The van der Waals surface area contributed by atoms with Crippen molar-refractivity contribution in [2.45, 2.75) is 5.75 Å². The minimum atomic E-state index is -4.06. The summed E-state index contributed by atoms with van der Waals surface area (Å²) in [6.45, 7) is 0. The van der Waals surface area contributed by atoms with Crippen molar-refractivity contribution in [1.29, 1.82) is 0 Å². The predicted molar refractivity (Wildman–Crippen MR) is 49.8 cm³/mol. The van der Waals surface area contributed by atoms with Gasteiger partial charge in [-0.15, -0.1) is 0 Å². The summed E-state index contributed by atoms with van der Waals surface area (Å²) in [6, 6.07) is 0.758. The van der Waals surface area contributed by atoms with Crippen molar-refractivity contribution < 1.29 is 22.1 Å². The number of hydrogen-bond acceptors (Lipinski definition) is 4. The minimum absolute atomic E-state index is 0.315. The maximum Gasteiger partial charge on any atom is 0.276 e. The van der Waals surface area contributed by atoms with E-state index in [4.69, 9.17) is 0 Å². The van der Waals surface area contributed by atoms with Gasteiger partial charge in [-0.1, -0.05) is 0 Å². The number of nitro benzene ring substituents is 1. The van der Waals surface area contributed by atoms with Gasteiger partial charge in [0.2, 0.25) is 10.0 Å². The molecule has 0 spiro atoms. The van der Waals surface area contributed by atoms with Gasteiger partial charge >= 0.3 is 0 Å².